The summed E-state index contributed by atoms with van der Waals surface area (Å²) in [6, 6.07) is 10.4. The van der Waals surface area contributed by atoms with Crippen LogP contribution in [0.2, 0.25) is 0 Å². The Kier molecular flexibility index (Phi) is 3.88. The van der Waals surface area contributed by atoms with Crippen molar-refractivity contribution < 1.29 is 18.8 Å². The Bertz CT molecular complexity index is 657. The van der Waals surface area contributed by atoms with Crippen LogP contribution in [0.4, 0.5) is 5.82 Å². The van der Waals surface area contributed by atoms with Crippen molar-refractivity contribution in [2.24, 2.45) is 0 Å². The molecule has 0 unspecified atom stereocenters. The third kappa shape index (κ3) is 2.71. The number of hydrogen-bond acceptors (Lipinski definition) is 5. The van der Waals surface area contributed by atoms with Crippen molar-refractivity contribution in [3.05, 3.63) is 48.2 Å². The highest BCUT2D eigenvalue weighted by atomic mass is 16.5. The van der Waals surface area contributed by atoms with Gasteiger partial charge in [0.25, 0.3) is 5.91 Å². The highest BCUT2D eigenvalue weighted by Crippen LogP contribution is 2.29. The highest BCUT2D eigenvalue weighted by Gasteiger charge is 2.40. The topological polar surface area (TPSA) is 84.7 Å². The third-order valence-electron chi connectivity index (χ3n) is 3.57. The van der Waals surface area contributed by atoms with Gasteiger partial charge >= 0.3 is 0 Å². The molecule has 1 fully saturated rings. The number of nitrogens with one attached hydrogen (secondary N) is 1. The first-order valence-electron chi connectivity index (χ1n) is 6.80. The zero-order valence-electron chi connectivity index (χ0n) is 11.9. The van der Waals surface area contributed by atoms with Crippen molar-refractivity contribution in [3.63, 3.8) is 0 Å². The Balaban J connectivity index is 1.87. The van der Waals surface area contributed by atoms with E-state index in [1.165, 1.54) is 17.2 Å². The number of aromatic nitrogens is 1. The smallest absolute Gasteiger partial charge is 0.257 e. The van der Waals surface area contributed by atoms with Gasteiger partial charge in [-0.25, -0.2) is 0 Å². The fourth-order valence-electron chi connectivity index (χ4n) is 2.45. The summed E-state index contributed by atoms with van der Waals surface area (Å²) in [5, 5.41) is 6.26. The summed E-state index contributed by atoms with van der Waals surface area (Å²) < 4.78 is 10.2. The average molecular weight is 301 g/mol. The van der Waals surface area contributed by atoms with Crippen molar-refractivity contribution >= 4 is 17.6 Å². The largest absolute Gasteiger partial charge is 0.363 e. The molecule has 0 radical (unpaired) electrons. The van der Waals surface area contributed by atoms with Crippen LogP contribution in [0.25, 0.3) is 0 Å². The van der Waals surface area contributed by atoms with E-state index in [1.54, 1.807) is 7.05 Å². The Hall–Kier alpha value is -2.67. The van der Waals surface area contributed by atoms with E-state index in [0.717, 1.165) is 5.56 Å². The van der Waals surface area contributed by atoms with Crippen LogP contribution >= 0.6 is 0 Å². The number of anilines is 1. The Morgan fingerprint density at radius 2 is 2.09 bits per heavy atom. The highest BCUT2D eigenvalue weighted by molar-refractivity contribution is 5.95. The predicted molar refractivity (Wildman–Crippen MR) is 76.8 cm³/mol. The molecule has 2 aromatic rings. The van der Waals surface area contributed by atoms with Crippen LogP contribution in [0.1, 0.15) is 11.6 Å². The van der Waals surface area contributed by atoms with Gasteiger partial charge in [0.1, 0.15) is 12.9 Å². The fraction of sp³-hybridized carbons (Fsp3) is 0.267. The summed E-state index contributed by atoms with van der Waals surface area (Å²) in [5.41, 5.74) is 0.832. The molecule has 1 saturated heterocycles. The van der Waals surface area contributed by atoms with Gasteiger partial charge in [0.15, 0.2) is 11.9 Å². The van der Waals surface area contributed by atoms with E-state index in [0.29, 0.717) is 5.82 Å². The molecule has 1 aliphatic heterocycles. The Morgan fingerprint density at radius 1 is 1.32 bits per heavy atom. The van der Waals surface area contributed by atoms with Crippen LogP contribution in [0.3, 0.4) is 0 Å². The molecule has 2 atom stereocenters. The van der Waals surface area contributed by atoms with Gasteiger partial charge in [-0.1, -0.05) is 35.5 Å². The lowest BCUT2D eigenvalue weighted by atomic mass is 9.97. The van der Waals surface area contributed by atoms with E-state index in [-0.39, 0.29) is 18.4 Å². The summed E-state index contributed by atoms with van der Waals surface area (Å²) in [5.74, 6) is -0.235. The first kappa shape index (κ1) is 14.3. The SMILES string of the molecule is CN1C(=O)CO[C@H](C(=O)Nc2ccon2)[C@H]1c1ccccc1. The van der Waals surface area contributed by atoms with Crippen molar-refractivity contribution in [1.82, 2.24) is 10.1 Å². The van der Waals surface area contributed by atoms with Crippen molar-refractivity contribution in [2.75, 3.05) is 19.0 Å². The first-order valence-corrected chi connectivity index (χ1v) is 6.80. The molecule has 114 valence electrons. The number of morpholine rings is 1. The average Bonchev–Trinajstić information content (AvgIpc) is 3.03. The van der Waals surface area contributed by atoms with Crippen LogP contribution in [0, 0.1) is 0 Å². The summed E-state index contributed by atoms with van der Waals surface area (Å²) in [6.07, 6.45) is 0.545. The molecule has 0 bridgehead atoms. The standard InChI is InChI=1S/C15H15N3O4/c1-18-12(19)9-21-14(13(18)10-5-3-2-4-6-10)15(20)16-11-7-8-22-17-11/h2-8,13-14H,9H2,1H3,(H,16,17,20)/t13-,14+/m1/s1. The molecular weight excluding hydrogens is 286 g/mol. The third-order valence-corrected chi connectivity index (χ3v) is 3.57. The molecular formula is C15H15N3O4. The normalized spacial score (nSPS) is 21.7. The van der Waals surface area contributed by atoms with Crippen molar-refractivity contribution in [2.45, 2.75) is 12.1 Å². The predicted octanol–water partition coefficient (Wildman–Crippen LogP) is 1.21. The Morgan fingerprint density at radius 3 is 2.77 bits per heavy atom. The van der Waals surface area contributed by atoms with Gasteiger partial charge in [0.2, 0.25) is 5.91 Å². The molecule has 0 spiro atoms. The number of carbonyl (C=O) groups is 2. The molecule has 3 rings (SSSR count). The number of rotatable bonds is 3. The monoisotopic (exact) mass is 301 g/mol. The fourth-order valence-corrected chi connectivity index (χ4v) is 2.45. The minimum absolute atomic E-state index is 0.128. The zero-order valence-corrected chi connectivity index (χ0v) is 11.9. The van der Waals surface area contributed by atoms with E-state index in [2.05, 4.69) is 15.0 Å². The van der Waals surface area contributed by atoms with Gasteiger partial charge in [0.05, 0.1) is 6.04 Å². The summed E-state index contributed by atoms with van der Waals surface area (Å²) in [7, 11) is 1.67. The number of nitrogens with zero attached hydrogens (tertiary/aromatic N) is 2. The molecule has 7 heteroatoms. The Labute approximate surface area is 126 Å². The number of benzene rings is 1. The van der Waals surface area contributed by atoms with Crippen LogP contribution in [-0.2, 0) is 14.3 Å². The number of likely N-dealkylation sites (N-methyl/N-ethyl adjacent to an activating group) is 1. The van der Waals surface area contributed by atoms with E-state index >= 15 is 0 Å². The summed E-state index contributed by atoms with van der Waals surface area (Å²) >= 11 is 0. The van der Waals surface area contributed by atoms with Gasteiger partial charge in [-0.05, 0) is 5.56 Å². The molecule has 2 heterocycles. The van der Waals surface area contributed by atoms with Gasteiger partial charge in [-0.3, -0.25) is 9.59 Å². The van der Waals surface area contributed by atoms with Crippen LogP contribution in [0.15, 0.2) is 47.2 Å². The number of amides is 2. The van der Waals surface area contributed by atoms with E-state index in [9.17, 15) is 9.59 Å². The van der Waals surface area contributed by atoms with Gasteiger partial charge in [-0.15, -0.1) is 0 Å². The lowest BCUT2D eigenvalue weighted by molar-refractivity contribution is -0.160. The molecule has 1 aromatic carbocycles. The molecule has 7 nitrogen and oxygen atoms in total. The molecule has 2 amide bonds. The maximum Gasteiger partial charge on any atom is 0.257 e. The quantitative estimate of drug-likeness (QED) is 0.921. The summed E-state index contributed by atoms with van der Waals surface area (Å²) in [4.78, 5) is 25.9. The zero-order chi connectivity index (χ0) is 15.5. The van der Waals surface area contributed by atoms with Crippen molar-refractivity contribution in [3.8, 4) is 0 Å². The minimum Gasteiger partial charge on any atom is -0.363 e. The lowest BCUT2D eigenvalue weighted by Crippen LogP contribution is -2.51. The van der Waals surface area contributed by atoms with E-state index in [4.69, 9.17) is 4.74 Å². The number of ether oxygens (including phenoxy) is 1. The van der Waals surface area contributed by atoms with E-state index in [1.807, 2.05) is 30.3 Å². The number of hydrogen-bond donors (Lipinski definition) is 1. The lowest BCUT2D eigenvalue weighted by Gasteiger charge is -2.38. The van der Waals surface area contributed by atoms with Gasteiger partial charge in [-0.2, -0.15) is 0 Å². The first-order chi connectivity index (χ1) is 10.7. The van der Waals surface area contributed by atoms with E-state index < -0.39 is 12.1 Å². The van der Waals surface area contributed by atoms with Gasteiger partial charge < -0.3 is 19.5 Å². The second-order valence-corrected chi connectivity index (χ2v) is 4.97. The maximum absolute atomic E-state index is 12.4. The van der Waals surface area contributed by atoms with Gasteiger partial charge in [0, 0.05) is 13.1 Å². The molecule has 1 aliphatic rings. The van der Waals surface area contributed by atoms with Crippen molar-refractivity contribution in [1.29, 1.82) is 0 Å². The minimum atomic E-state index is -0.818. The molecule has 0 aliphatic carbocycles. The molecule has 1 N–H and O–H groups in total. The van der Waals surface area contributed by atoms with Crippen LogP contribution in [0.5, 0.6) is 0 Å². The molecule has 22 heavy (non-hydrogen) atoms. The van der Waals surface area contributed by atoms with Crippen LogP contribution < -0.4 is 5.32 Å². The molecule has 0 saturated carbocycles. The summed E-state index contributed by atoms with van der Waals surface area (Å²) in [6.45, 7) is -0.128. The molecule has 1 aromatic heterocycles. The second-order valence-electron chi connectivity index (χ2n) is 4.97. The number of carbonyl (C=O) groups excluding carboxylic acids is 2. The maximum atomic E-state index is 12.4. The van der Waals surface area contributed by atoms with Crippen LogP contribution in [-0.4, -0.2) is 41.6 Å². The second kappa shape index (κ2) is 5.98.